The zero-order valence-corrected chi connectivity index (χ0v) is 19.7. The Labute approximate surface area is 209 Å². The normalized spacial score (nSPS) is 13.9. The molecule has 1 aromatic heterocycles. The summed E-state index contributed by atoms with van der Waals surface area (Å²) in [4.78, 5) is 44.5. The Balaban J connectivity index is 1.37. The van der Waals surface area contributed by atoms with Gasteiger partial charge in [0.15, 0.2) is 5.78 Å². The number of carbonyl (C=O) groups excluding carboxylic acids is 3. The number of benzene rings is 2. The Kier molecular flexibility index (Phi) is 7.23. The average Bonchev–Trinajstić information content (AvgIpc) is 3.68. The van der Waals surface area contributed by atoms with Crippen molar-refractivity contribution in [2.45, 2.75) is 32.0 Å². The van der Waals surface area contributed by atoms with Gasteiger partial charge in [0, 0.05) is 25.4 Å². The molecule has 1 amide bonds. The number of methoxy groups -OCH3 is 1. The molecule has 0 saturated heterocycles. The Morgan fingerprint density at radius 2 is 1.68 bits per heavy atom. The molecule has 0 atom stereocenters. The standard InChI is InChI=1S/C26H22F3N3O5/c1-36-23(34)17-4-7-22(20(10-17)26(27,28)29)37-19-5-2-16(3-6-19)12-32-24(35)25(8-9-25)11-21(33)18-13-30-15-31-14-18/h2-7,10,13-15H,8-9,11-12H2,1H3,(H,32,35). The fourth-order valence-electron chi connectivity index (χ4n) is 3.74. The maximum Gasteiger partial charge on any atom is 0.420 e. The smallest absolute Gasteiger partial charge is 0.420 e. The van der Waals surface area contributed by atoms with Gasteiger partial charge in [-0.15, -0.1) is 0 Å². The molecular weight excluding hydrogens is 491 g/mol. The van der Waals surface area contributed by atoms with Crippen molar-refractivity contribution in [1.82, 2.24) is 15.3 Å². The predicted octanol–water partition coefficient (Wildman–Crippen LogP) is 4.74. The molecule has 37 heavy (non-hydrogen) atoms. The number of amides is 1. The SMILES string of the molecule is COC(=O)c1ccc(Oc2ccc(CNC(=O)C3(CC(=O)c4cncnc4)CC3)cc2)c(C(F)(F)F)c1. The van der Waals surface area contributed by atoms with E-state index in [-0.39, 0.29) is 36.0 Å². The first kappa shape index (κ1) is 25.8. The van der Waals surface area contributed by atoms with E-state index < -0.39 is 28.9 Å². The van der Waals surface area contributed by atoms with E-state index >= 15 is 0 Å². The van der Waals surface area contributed by atoms with Gasteiger partial charge in [0.2, 0.25) is 5.91 Å². The third-order valence-corrected chi connectivity index (χ3v) is 6.03. The van der Waals surface area contributed by atoms with Crippen molar-refractivity contribution in [3.8, 4) is 11.5 Å². The molecular formula is C26H22F3N3O5. The maximum absolute atomic E-state index is 13.5. The number of Topliss-reactive ketones (excluding diaryl/α,β-unsaturated/α-hetero) is 1. The number of halogens is 3. The van der Waals surface area contributed by atoms with Crippen molar-refractivity contribution in [3.05, 3.63) is 83.4 Å². The van der Waals surface area contributed by atoms with Gasteiger partial charge in [-0.2, -0.15) is 13.2 Å². The molecule has 0 aliphatic heterocycles. The zero-order valence-electron chi connectivity index (χ0n) is 19.7. The lowest BCUT2D eigenvalue weighted by Gasteiger charge is -2.16. The highest BCUT2D eigenvalue weighted by molar-refractivity contribution is 6.00. The molecule has 0 bridgehead atoms. The molecule has 0 unspecified atom stereocenters. The molecule has 3 aromatic rings. The van der Waals surface area contributed by atoms with E-state index in [1.165, 1.54) is 36.9 Å². The van der Waals surface area contributed by atoms with Crippen molar-refractivity contribution in [2.75, 3.05) is 7.11 Å². The second-order valence-electron chi connectivity index (χ2n) is 8.64. The average molecular weight is 513 g/mol. The van der Waals surface area contributed by atoms with Gasteiger partial charge in [0.05, 0.1) is 29.2 Å². The molecule has 1 saturated carbocycles. The minimum Gasteiger partial charge on any atom is -0.465 e. The minimum atomic E-state index is -4.75. The maximum atomic E-state index is 13.5. The van der Waals surface area contributed by atoms with E-state index in [0.29, 0.717) is 30.0 Å². The van der Waals surface area contributed by atoms with Crippen LogP contribution in [0.5, 0.6) is 11.5 Å². The number of aromatic nitrogens is 2. The highest BCUT2D eigenvalue weighted by Gasteiger charge is 2.51. The Morgan fingerprint density at radius 3 is 2.27 bits per heavy atom. The number of esters is 1. The third-order valence-electron chi connectivity index (χ3n) is 6.03. The van der Waals surface area contributed by atoms with Crippen molar-refractivity contribution < 1.29 is 37.0 Å². The van der Waals surface area contributed by atoms with Crippen LogP contribution < -0.4 is 10.1 Å². The summed E-state index contributed by atoms with van der Waals surface area (Å²) in [7, 11) is 1.08. The second kappa shape index (κ2) is 10.4. The van der Waals surface area contributed by atoms with Gasteiger partial charge in [-0.05, 0) is 48.7 Å². The van der Waals surface area contributed by atoms with Crippen LogP contribution in [0, 0.1) is 5.41 Å². The summed E-state index contributed by atoms with van der Waals surface area (Å²) in [5, 5.41) is 2.82. The lowest BCUT2D eigenvalue weighted by Crippen LogP contribution is -2.33. The highest BCUT2D eigenvalue weighted by Crippen LogP contribution is 2.49. The second-order valence-corrected chi connectivity index (χ2v) is 8.64. The summed E-state index contributed by atoms with van der Waals surface area (Å²) in [5.74, 6) is -1.66. The Morgan fingerprint density at radius 1 is 1.00 bits per heavy atom. The van der Waals surface area contributed by atoms with Crippen LogP contribution in [0.2, 0.25) is 0 Å². The molecule has 8 nitrogen and oxygen atoms in total. The lowest BCUT2D eigenvalue weighted by atomic mass is 9.95. The number of carbonyl (C=O) groups is 3. The Bertz CT molecular complexity index is 1310. The number of nitrogens with zero attached hydrogens (tertiary/aromatic N) is 2. The number of alkyl halides is 3. The fourth-order valence-corrected chi connectivity index (χ4v) is 3.74. The highest BCUT2D eigenvalue weighted by atomic mass is 19.4. The van der Waals surface area contributed by atoms with Gasteiger partial charge in [0.25, 0.3) is 0 Å². The number of rotatable bonds is 9. The van der Waals surface area contributed by atoms with Gasteiger partial charge in [-0.25, -0.2) is 14.8 Å². The van der Waals surface area contributed by atoms with Gasteiger partial charge in [-0.3, -0.25) is 9.59 Å². The molecule has 1 heterocycles. The van der Waals surface area contributed by atoms with Crippen LogP contribution in [0.4, 0.5) is 13.2 Å². The lowest BCUT2D eigenvalue weighted by molar-refractivity contribution is -0.138. The number of hydrogen-bond donors (Lipinski definition) is 1. The number of hydrogen-bond acceptors (Lipinski definition) is 7. The first-order valence-corrected chi connectivity index (χ1v) is 11.2. The summed E-state index contributed by atoms with van der Waals surface area (Å²) in [6.07, 6.45) is 0.661. The van der Waals surface area contributed by atoms with E-state index in [0.717, 1.165) is 13.2 Å². The van der Waals surface area contributed by atoms with Gasteiger partial charge < -0.3 is 14.8 Å². The van der Waals surface area contributed by atoms with Gasteiger partial charge in [-0.1, -0.05) is 12.1 Å². The van der Waals surface area contributed by atoms with Crippen molar-refractivity contribution in [3.63, 3.8) is 0 Å². The molecule has 1 N–H and O–H groups in total. The third kappa shape index (κ3) is 6.11. The monoisotopic (exact) mass is 513 g/mol. The van der Waals surface area contributed by atoms with Crippen molar-refractivity contribution in [2.24, 2.45) is 5.41 Å². The molecule has 1 aliphatic carbocycles. The molecule has 1 fully saturated rings. The van der Waals surface area contributed by atoms with Gasteiger partial charge >= 0.3 is 12.1 Å². The van der Waals surface area contributed by atoms with E-state index in [1.54, 1.807) is 12.1 Å². The van der Waals surface area contributed by atoms with Crippen LogP contribution >= 0.6 is 0 Å². The summed E-state index contributed by atoms with van der Waals surface area (Å²) >= 11 is 0. The number of nitrogens with one attached hydrogen (secondary N) is 1. The molecule has 0 spiro atoms. The molecule has 192 valence electrons. The van der Waals surface area contributed by atoms with Crippen LogP contribution in [0.1, 0.15) is 51.1 Å². The molecule has 11 heteroatoms. The van der Waals surface area contributed by atoms with Crippen LogP contribution in [0.3, 0.4) is 0 Å². The van der Waals surface area contributed by atoms with Crippen LogP contribution in [0.25, 0.3) is 0 Å². The number of ether oxygens (including phenoxy) is 2. The summed E-state index contributed by atoms with van der Waals surface area (Å²) < 4.78 is 50.5. The van der Waals surface area contributed by atoms with E-state index in [2.05, 4.69) is 20.0 Å². The summed E-state index contributed by atoms with van der Waals surface area (Å²) in [6, 6.07) is 9.08. The van der Waals surface area contributed by atoms with Crippen LogP contribution in [0.15, 0.2) is 61.2 Å². The largest absolute Gasteiger partial charge is 0.465 e. The molecule has 4 rings (SSSR count). The zero-order chi connectivity index (χ0) is 26.6. The molecule has 1 aliphatic rings. The minimum absolute atomic E-state index is 0.0648. The molecule has 0 radical (unpaired) electrons. The van der Waals surface area contributed by atoms with Gasteiger partial charge in [0.1, 0.15) is 17.8 Å². The van der Waals surface area contributed by atoms with E-state index in [9.17, 15) is 27.6 Å². The molecule has 2 aromatic carbocycles. The van der Waals surface area contributed by atoms with Crippen molar-refractivity contribution in [1.29, 1.82) is 0 Å². The number of ketones is 1. The Hall–Kier alpha value is -4.28. The summed E-state index contributed by atoms with van der Waals surface area (Å²) in [6.45, 7) is 0.172. The predicted molar refractivity (Wildman–Crippen MR) is 124 cm³/mol. The first-order chi connectivity index (χ1) is 17.6. The fraction of sp³-hybridized carbons (Fsp3) is 0.269. The topological polar surface area (TPSA) is 107 Å². The van der Waals surface area contributed by atoms with Crippen LogP contribution in [-0.2, 0) is 22.3 Å². The van der Waals surface area contributed by atoms with E-state index in [4.69, 9.17) is 4.74 Å². The summed E-state index contributed by atoms with van der Waals surface area (Å²) in [5.41, 5.74) is -1.07. The first-order valence-electron chi connectivity index (χ1n) is 11.2. The quantitative estimate of drug-likeness (QED) is 0.325. The van der Waals surface area contributed by atoms with Crippen LogP contribution in [-0.4, -0.2) is 34.7 Å². The van der Waals surface area contributed by atoms with Crippen molar-refractivity contribution >= 4 is 17.7 Å². The van der Waals surface area contributed by atoms with E-state index in [1.807, 2.05) is 0 Å².